The van der Waals surface area contributed by atoms with E-state index in [1.807, 2.05) is 83.6 Å². The van der Waals surface area contributed by atoms with Crippen LogP contribution in [-0.2, 0) is 27.8 Å². The van der Waals surface area contributed by atoms with Gasteiger partial charge in [0.05, 0.1) is 56.9 Å². The standard InChI is InChI=1S/C32H48N2O6S8Si2/c1-35-17-19-37-13-7-15-39-49-23-25(31-33-27-9-3-5-11-29(27)43-31)21-41-45-47-48-46-42-22-26(24-50-40-16-8-14-38-20-18-36-2)32-34-28-10-4-6-12-30(28)44-32/h3-6,9-12,25-26H,7-8,13-24,49-50H2,1-2H3. The Balaban J connectivity index is 1.14. The highest BCUT2D eigenvalue weighted by Crippen LogP contribution is 2.54. The Bertz CT molecular complexity index is 1270. The molecule has 0 radical (unpaired) electrons. The van der Waals surface area contributed by atoms with E-state index in [0.29, 0.717) is 38.3 Å². The second kappa shape index (κ2) is 28.0. The fourth-order valence-corrected chi connectivity index (χ4v) is 22.8. The summed E-state index contributed by atoms with van der Waals surface area (Å²) in [5.41, 5.74) is 2.21. The maximum Gasteiger partial charge on any atom is 0.162 e. The van der Waals surface area contributed by atoms with E-state index < -0.39 is 19.5 Å². The molecule has 0 saturated heterocycles. The Labute approximate surface area is 332 Å². The summed E-state index contributed by atoms with van der Waals surface area (Å²) in [6.07, 6.45) is 1.86. The normalized spacial score (nSPS) is 13.6. The molecule has 0 N–H and O–H groups in total. The lowest BCUT2D eigenvalue weighted by Gasteiger charge is -2.14. The van der Waals surface area contributed by atoms with Gasteiger partial charge in [0.2, 0.25) is 0 Å². The predicted octanol–water partition coefficient (Wildman–Crippen LogP) is 8.89. The molecule has 50 heavy (non-hydrogen) atoms. The van der Waals surface area contributed by atoms with Crippen molar-refractivity contribution in [2.45, 2.75) is 36.8 Å². The smallest absolute Gasteiger partial charge is 0.162 e. The van der Waals surface area contributed by atoms with E-state index in [-0.39, 0.29) is 0 Å². The van der Waals surface area contributed by atoms with Crippen molar-refractivity contribution in [2.75, 3.05) is 78.6 Å². The van der Waals surface area contributed by atoms with Crippen LogP contribution in [0, 0.1) is 0 Å². The van der Waals surface area contributed by atoms with E-state index in [1.165, 1.54) is 19.4 Å². The van der Waals surface area contributed by atoms with Crippen LogP contribution in [0.4, 0.5) is 0 Å². The predicted molar refractivity (Wildman–Crippen MR) is 233 cm³/mol. The van der Waals surface area contributed by atoms with Gasteiger partial charge in [-0.3, -0.25) is 0 Å². The highest BCUT2D eigenvalue weighted by Gasteiger charge is 2.19. The van der Waals surface area contributed by atoms with E-state index in [2.05, 4.69) is 48.5 Å². The molecule has 278 valence electrons. The lowest BCUT2D eigenvalue weighted by molar-refractivity contribution is 0.0646. The van der Waals surface area contributed by atoms with Crippen LogP contribution < -0.4 is 0 Å². The average Bonchev–Trinajstić information content (AvgIpc) is 3.77. The monoisotopic (exact) mass is 868 g/mol. The Morgan fingerprint density at radius 1 is 0.580 bits per heavy atom. The number of nitrogens with zero attached hydrogens (tertiary/aromatic N) is 2. The van der Waals surface area contributed by atoms with E-state index in [9.17, 15) is 0 Å². The number of ether oxygens (including phenoxy) is 4. The van der Waals surface area contributed by atoms with Crippen molar-refractivity contribution in [3.05, 3.63) is 58.5 Å². The van der Waals surface area contributed by atoms with Crippen LogP contribution in [0.2, 0.25) is 12.1 Å². The Hall–Kier alpha value is 0.514. The third-order valence-electron chi connectivity index (χ3n) is 7.28. The van der Waals surface area contributed by atoms with Gasteiger partial charge < -0.3 is 27.8 Å². The van der Waals surface area contributed by atoms with Gasteiger partial charge in [0.25, 0.3) is 0 Å². The van der Waals surface area contributed by atoms with Gasteiger partial charge in [-0.25, -0.2) is 9.97 Å². The van der Waals surface area contributed by atoms with Crippen molar-refractivity contribution in [3.63, 3.8) is 0 Å². The molecule has 0 aliphatic heterocycles. The van der Waals surface area contributed by atoms with E-state index in [0.717, 1.165) is 73.9 Å². The maximum atomic E-state index is 6.12. The number of para-hydroxylation sites is 2. The summed E-state index contributed by atoms with van der Waals surface area (Å²) in [6, 6.07) is 19.1. The van der Waals surface area contributed by atoms with Crippen LogP contribution in [0.1, 0.15) is 34.7 Å². The van der Waals surface area contributed by atoms with Crippen LogP contribution >= 0.6 is 83.6 Å². The number of rotatable bonds is 31. The number of fused-ring (bicyclic) bond motifs is 2. The van der Waals surface area contributed by atoms with E-state index in [4.69, 9.17) is 37.8 Å². The Kier molecular flexibility index (Phi) is 24.2. The SMILES string of the molecule is COCCOCCCO[SiH2]CC(CSSSSSSCC(C[SiH2]OCCCOCCOC)c1nc2ccccc2s1)c1nc2ccccc2s1. The topological polar surface area (TPSA) is 81.2 Å². The highest BCUT2D eigenvalue weighted by atomic mass is 33.9. The first-order valence-corrected chi connectivity index (χ1v) is 29.3. The summed E-state index contributed by atoms with van der Waals surface area (Å²) in [5, 5.41) is 2.48. The number of thiazole rings is 2. The number of hydrogen-bond donors (Lipinski definition) is 0. The van der Waals surface area contributed by atoms with Gasteiger partial charge in [0, 0.05) is 64.0 Å². The van der Waals surface area contributed by atoms with Gasteiger partial charge >= 0.3 is 0 Å². The van der Waals surface area contributed by atoms with Gasteiger partial charge in [-0.1, -0.05) is 45.9 Å². The summed E-state index contributed by atoms with van der Waals surface area (Å²) in [7, 11) is 13.4. The van der Waals surface area contributed by atoms with Crippen LogP contribution in [0.5, 0.6) is 0 Å². The lowest BCUT2D eigenvalue weighted by Crippen LogP contribution is -2.10. The Morgan fingerprint density at radius 2 is 1.04 bits per heavy atom. The van der Waals surface area contributed by atoms with Gasteiger partial charge in [-0.2, -0.15) is 0 Å². The molecular weight excluding hydrogens is 821 g/mol. The molecule has 4 aromatic rings. The first-order valence-electron chi connectivity index (χ1n) is 16.7. The van der Waals surface area contributed by atoms with Gasteiger partial charge in [0.1, 0.15) is 0 Å². The molecule has 2 unspecified atom stereocenters. The Morgan fingerprint density at radius 3 is 1.48 bits per heavy atom. The summed E-state index contributed by atoms with van der Waals surface area (Å²) in [4.78, 5) is 10.0. The molecule has 0 aliphatic rings. The second-order valence-electron chi connectivity index (χ2n) is 11.0. The van der Waals surface area contributed by atoms with Crippen molar-refractivity contribution >= 4 is 124 Å². The number of hydrogen-bond acceptors (Lipinski definition) is 16. The van der Waals surface area contributed by atoms with Crippen molar-refractivity contribution in [3.8, 4) is 0 Å². The summed E-state index contributed by atoms with van der Waals surface area (Å²) in [6.45, 7) is 5.56. The van der Waals surface area contributed by atoms with Crippen molar-refractivity contribution in [2.24, 2.45) is 0 Å². The maximum absolute atomic E-state index is 6.12. The van der Waals surface area contributed by atoms with Gasteiger partial charge in [-0.05, 0) is 88.5 Å². The van der Waals surface area contributed by atoms with Crippen molar-refractivity contribution in [1.82, 2.24) is 9.97 Å². The molecular formula is C32H48N2O6S8Si2. The van der Waals surface area contributed by atoms with E-state index in [1.54, 1.807) is 14.2 Å². The fourth-order valence-electron chi connectivity index (χ4n) is 4.64. The molecule has 0 aliphatic carbocycles. The van der Waals surface area contributed by atoms with Crippen molar-refractivity contribution < 1.29 is 27.8 Å². The summed E-state index contributed by atoms with van der Waals surface area (Å²) >= 11 is 3.67. The quantitative estimate of drug-likeness (QED) is 0.0275. The molecule has 0 amide bonds. The van der Waals surface area contributed by atoms with Crippen LogP contribution in [0.25, 0.3) is 20.4 Å². The third kappa shape index (κ3) is 17.3. The average molecular weight is 869 g/mol. The molecule has 18 heteroatoms. The molecule has 2 aromatic carbocycles. The van der Waals surface area contributed by atoms with Crippen LogP contribution in [0.3, 0.4) is 0 Å². The number of aromatic nitrogens is 2. The molecule has 8 nitrogen and oxygen atoms in total. The lowest BCUT2D eigenvalue weighted by atomic mass is 10.2. The van der Waals surface area contributed by atoms with Crippen LogP contribution in [0.15, 0.2) is 48.5 Å². The molecule has 2 atom stereocenters. The minimum absolute atomic E-state index is 0.422. The van der Waals surface area contributed by atoms with Gasteiger partial charge in [-0.15, -0.1) is 22.7 Å². The van der Waals surface area contributed by atoms with E-state index >= 15 is 0 Å². The summed E-state index contributed by atoms with van der Waals surface area (Å²) < 4.78 is 36.0. The van der Waals surface area contributed by atoms with Gasteiger partial charge in [0.15, 0.2) is 19.5 Å². The molecule has 0 bridgehead atoms. The zero-order chi connectivity index (χ0) is 34.9. The first-order chi connectivity index (χ1) is 24.8. The zero-order valence-electron chi connectivity index (χ0n) is 28.7. The second-order valence-corrected chi connectivity index (χ2v) is 25.5. The highest BCUT2D eigenvalue weighted by molar-refractivity contribution is 9.41. The molecule has 2 heterocycles. The minimum Gasteiger partial charge on any atom is -0.424 e. The molecule has 0 saturated carbocycles. The third-order valence-corrected chi connectivity index (χ3v) is 23.8. The number of methoxy groups -OCH3 is 2. The van der Waals surface area contributed by atoms with Crippen molar-refractivity contribution in [1.29, 1.82) is 0 Å². The minimum atomic E-state index is -0.640. The molecule has 4 rings (SSSR count). The zero-order valence-corrected chi connectivity index (χ0v) is 38.1. The molecule has 0 fully saturated rings. The summed E-state index contributed by atoms with van der Waals surface area (Å²) in [5.74, 6) is 2.92. The largest absolute Gasteiger partial charge is 0.424 e. The molecule has 0 spiro atoms. The van der Waals surface area contributed by atoms with Crippen LogP contribution in [-0.4, -0.2) is 108 Å². The molecule has 2 aromatic heterocycles. The number of benzene rings is 2. The fraction of sp³-hybridized carbons (Fsp3) is 0.562. The first kappa shape index (κ1) is 43.2.